The zero-order valence-electron chi connectivity index (χ0n) is 30.9. The third-order valence-corrected chi connectivity index (χ3v) is 6.89. The Morgan fingerprint density at radius 2 is 0.836 bits per heavy atom. The van der Waals surface area contributed by atoms with Gasteiger partial charge >= 0.3 is 0 Å². The summed E-state index contributed by atoms with van der Waals surface area (Å²) in [5.41, 5.74) is 14.2. The highest BCUT2D eigenvalue weighted by Crippen LogP contribution is 2.39. The average Bonchev–Trinajstić information content (AvgIpc) is 3.18. The van der Waals surface area contributed by atoms with Crippen LogP contribution in [0.15, 0.2) is 94.9 Å². The average molecular weight is 783 g/mol. The van der Waals surface area contributed by atoms with Crippen LogP contribution >= 0.6 is 0 Å². The van der Waals surface area contributed by atoms with Gasteiger partial charge in [0.1, 0.15) is 0 Å². The predicted octanol–water partition coefficient (Wildman–Crippen LogP) is 2.58. The molecule has 0 aliphatic heterocycles. The number of ether oxygens (including phenoxy) is 6. The Hall–Kier alpha value is -6.57. The lowest BCUT2D eigenvalue weighted by molar-refractivity contribution is 0.0967. The predicted molar refractivity (Wildman–Crippen MR) is 201 cm³/mol. The van der Waals surface area contributed by atoms with E-state index in [0.29, 0.717) is 58.7 Å². The molecule has 0 spiro atoms. The topological polar surface area (TPSA) is 271 Å². The molecule has 55 heavy (non-hydrogen) atoms. The minimum absolute atomic E-state index is 0.0302. The Balaban J connectivity index is 0.000000338. The fourth-order valence-electron chi connectivity index (χ4n) is 4.40. The molecule has 0 saturated carbocycles. The van der Waals surface area contributed by atoms with Crippen molar-refractivity contribution in [1.29, 1.82) is 0 Å². The van der Waals surface area contributed by atoms with Crippen LogP contribution in [0.4, 0.5) is 0 Å². The number of nitrogens with one attached hydrogen (secondary N) is 2. The maximum absolute atomic E-state index is 12.4. The number of hydrogen-bond donors (Lipinski definition) is 4. The van der Waals surface area contributed by atoms with Crippen LogP contribution in [0, 0.1) is 0 Å². The van der Waals surface area contributed by atoms with Crippen molar-refractivity contribution in [2.45, 2.75) is 13.1 Å². The number of rotatable bonds is 12. The maximum Gasteiger partial charge on any atom is 0.258 e. The highest BCUT2D eigenvalue weighted by molar-refractivity contribution is 7.79. The number of hydrogen-bond acceptors (Lipinski definition) is 14. The van der Waals surface area contributed by atoms with E-state index in [4.69, 9.17) is 57.4 Å². The molecule has 0 saturated heterocycles. The van der Waals surface area contributed by atoms with E-state index in [-0.39, 0.29) is 11.9 Å². The van der Waals surface area contributed by atoms with Crippen molar-refractivity contribution < 1.29 is 55.5 Å². The number of nitrogens with two attached hydrogens (primary N) is 2. The van der Waals surface area contributed by atoms with Crippen molar-refractivity contribution in [3.8, 4) is 34.5 Å². The Kier molecular flexibility index (Phi) is 18.2. The van der Waals surface area contributed by atoms with Crippen LogP contribution in [0.25, 0.3) is 0 Å². The first kappa shape index (κ1) is 44.6. The first-order valence-electron chi connectivity index (χ1n) is 15.7. The van der Waals surface area contributed by atoms with Crippen molar-refractivity contribution in [2.75, 3.05) is 42.7 Å². The molecule has 0 aliphatic rings. The van der Waals surface area contributed by atoms with Gasteiger partial charge in [-0.1, -0.05) is 60.7 Å². The van der Waals surface area contributed by atoms with Crippen LogP contribution in [0.5, 0.6) is 34.5 Å². The Labute approximate surface area is 318 Å². The van der Waals surface area contributed by atoms with Crippen molar-refractivity contribution in [3.63, 3.8) is 0 Å². The lowest BCUT2D eigenvalue weighted by atomic mass is 10.1. The van der Waals surface area contributed by atoms with Crippen LogP contribution in [-0.4, -0.2) is 83.9 Å². The van der Waals surface area contributed by atoms with Gasteiger partial charge in [-0.25, -0.2) is 9.98 Å². The zero-order valence-corrected chi connectivity index (χ0v) is 31.7. The van der Waals surface area contributed by atoms with Gasteiger partial charge in [-0.3, -0.25) is 28.6 Å². The van der Waals surface area contributed by atoms with Crippen LogP contribution in [-0.2, 0) is 23.5 Å². The molecule has 4 aromatic carbocycles. The quantitative estimate of drug-likeness (QED) is 0.0696. The normalized spacial score (nSPS) is 11.0. The molecule has 4 aromatic rings. The van der Waals surface area contributed by atoms with Gasteiger partial charge in [0.05, 0.1) is 55.7 Å². The molecule has 2 amide bonds. The number of nitrogens with zero attached hydrogens (tertiary/aromatic N) is 2. The fourth-order valence-corrected chi connectivity index (χ4v) is 4.40. The monoisotopic (exact) mass is 782 g/mol. The number of amides is 2. The summed E-state index contributed by atoms with van der Waals surface area (Å²) in [6.07, 6.45) is 0. The van der Waals surface area contributed by atoms with Crippen molar-refractivity contribution >= 4 is 34.1 Å². The van der Waals surface area contributed by atoms with Crippen molar-refractivity contribution in [1.82, 2.24) is 10.6 Å². The Morgan fingerprint density at radius 3 is 1.07 bits per heavy atom. The zero-order chi connectivity index (χ0) is 41.0. The number of carbonyl (C=O) groups is 2. The second kappa shape index (κ2) is 22.5. The summed E-state index contributed by atoms with van der Waals surface area (Å²) >= 11 is 0. The smallest absolute Gasteiger partial charge is 0.258 e. The molecule has 0 aliphatic carbocycles. The largest absolute Gasteiger partial charge is 0.759 e. The molecule has 0 aromatic heterocycles. The number of carbonyl (C=O) groups excluding carboxylic acids is 2. The second-order valence-electron chi connectivity index (χ2n) is 10.5. The van der Waals surface area contributed by atoms with E-state index in [0.717, 1.165) is 11.1 Å². The first-order valence-corrected chi connectivity index (χ1v) is 17.1. The minimum atomic E-state index is -5.17. The van der Waals surface area contributed by atoms with Gasteiger partial charge in [-0.15, -0.1) is 0 Å². The molecule has 19 heteroatoms. The number of methoxy groups -OCH3 is 6. The van der Waals surface area contributed by atoms with Gasteiger partial charge in [-0.05, 0) is 35.4 Å². The van der Waals surface area contributed by atoms with E-state index >= 15 is 0 Å². The van der Waals surface area contributed by atoms with Crippen molar-refractivity contribution in [2.24, 2.45) is 21.5 Å². The van der Waals surface area contributed by atoms with E-state index in [1.54, 1.807) is 24.3 Å². The molecule has 0 radical (unpaired) electrons. The molecule has 0 unspecified atom stereocenters. The molecule has 4 rings (SSSR count). The molecule has 0 bridgehead atoms. The van der Waals surface area contributed by atoms with E-state index in [1.807, 2.05) is 60.7 Å². The second-order valence-corrected chi connectivity index (χ2v) is 11.3. The Bertz CT molecular complexity index is 1840. The molecular formula is C36H42N6O12S-2. The van der Waals surface area contributed by atoms with Gasteiger partial charge in [0, 0.05) is 21.5 Å². The summed E-state index contributed by atoms with van der Waals surface area (Å²) in [6, 6.07) is 25.4. The van der Waals surface area contributed by atoms with Crippen LogP contribution in [0.3, 0.4) is 0 Å². The van der Waals surface area contributed by atoms with Crippen LogP contribution in [0.1, 0.15) is 31.8 Å². The summed E-state index contributed by atoms with van der Waals surface area (Å²) in [4.78, 5) is 33.1. The minimum Gasteiger partial charge on any atom is -0.759 e. The first-order chi connectivity index (χ1) is 26.2. The fraction of sp³-hybridized carbons (Fsp3) is 0.222. The van der Waals surface area contributed by atoms with E-state index in [9.17, 15) is 9.59 Å². The Morgan fingerprint density at radius 1 is 0.564 bits per heavy atom. The van der Waals surface area contributed by atoms with Gasteiger partial charge in [0.25, 0.3) is 11.8 Å². The molecule has 0 atom stereocenters. The summed E-state index contributed by atoms with van der Waals surface area (Å²) in [7, 11) is 3.75. The van der Waals surface area contributed by atoms with Crippen LogP contribution < -0.4 is 50.5 Å². The van der Waals surface area contributed by atoms with Crippen molar-refractivity contribution in [3.05, 3.63) is 107 Å². The lowest BCUT2D eigenvalue weighted by Crippen LogP contribution is -2.36. The van der Waals surface area contributed by atoms with Gasteiger partial charge in [0.15, 0.2) is 34.9 Å². The van der Waals surface area contributed by atoms with Gasteiger partial charge in [-0.2, -0.15) is 0 Å². The summed E-state index contributed by atoms with van der Waals surface area (Å²) < 4.78 is 65.5. The SMILES string of the molecule is COc1cc(C(=O)NC(N)=NCc2ccccc2)cc(OC)c1OC.COc1cc(C(=O)NC(N)=NCc2ccccc2)cc(OC)c1OC.O=S(=O)([O-])[O-]. The summed E-state index contributed by atoms with van der Waals surface area (Å²) in [6.45, 7) is 0.754. The molecule has 18 nitrogen and oxygen atoms in total. The molecular weight excluding hydrogens is 740 g/mol. The number of guanidine groups is 2. The highest BCUT2D eigenvalue weighted by atomic mass is 32.3. The maximum atomic E-state index is 12.4. The van der Waals surface area contributed by atoms with Gasteiger partial charge in [0.2, 0.25) is 11.5 Å². The summed E-state index contributed by atoms with van der Waals surface area (Å²) in [5.74, 6) is 1.56. The number of aliphatic imine (C=N–C) groups is 2. The highest BCUT2D eigenvalue weighted by Gasteiger charge is 2.18. The van der Waals surface area contributed by atoms with E-state index in [2.05, 4.69) is 20.6 Å². The molecule has 0 heterocycles. The van der Waals surface area contributed by atoms with E-state index < -0.39 is 22.2 Å². The molecule has 0 fully saturated rings. The third-order valence-electron chi connectivity index (χ3n) is 6.89. The third kappa shape index (κ3) is 15.5. The van der Waals surface area contributed by atoms with E-state index in [1.165, 1.54) is 42.7 Å². The molecule has 6 N–H and O–H groups in total. The molecule has 296 valence electrons. The number of benzene rings is 4. The standard InChI is InChI=1S/2C18H21N3O4.H2O4S/c2*1-23-14-9-13(10-15(24-2)16(14)25-3)17(22)21-18(19)20-11-12-7-5-4-6-8-12;1-5(2,3)4/h2*4-10H,11H2,1-3H3,(H3,19,20,21,22);(H2,1,2,3,4)/p-2. The lowest BCUT2D eigenvalue weighted by Gasteiger charge is -2.14. The van der Waals surface area contributed by atoms with Crippen LogP contribution in [0.2, 0.25) is 0 Å². The van der Waals surface area contributed by atoms with Gasteiger partial charge < -0.3 is 49.0 Å². The summed E-state index contributed by atoms with van der Waals surface area (Å²) in [5, 5.41) is 5.09.